The van der Waals surface area contributed by atoms with Crippen molar-refractivity contribution in [3.8, 4) is 0 Å². The van der Waals surface area contributed by atoms with E-state index in [4.69, 9.17) is 21.5 Å². The molecular formula is C16H30N2O3SSi. The molecule has 0 aliphatic rings. The first-order chi connectivity index (χ1) is 10.4. The van der Waals surface area contributed by atoms with Gasteiger partial charge in [-0.2, -0.15) is 0 Å². The molecule has 1 heterocycles. The molecule has 1 aromatic heterocycles. The first-order valence-corrected chi connectivity index (χ1v) is 11.3. The largest absolute Gasteiger partial charge is 0.413 e. The summed E-state index contributed by atoms with van der Waals surface area (Å²) in [6.45, 7) is 15.7. The zero-order chi connectivity index (χ0) is 18.0. The Bertz CT molecular complexity index is 657. The predicted octanol–water partition coefficient (Wildman–Crippen LogP) is 3.49. The average Bonchev–Trinajstić information content (AvgIpc) is 2.40. The predicted molar refractivity (Wildman–Crippen MR) is 99.2 cm³/mol. The molecule has 0 saturated heterocycles. The third kappa shape index (κ3) is 4.78. The fourth-order valence-electron chi connectivity index (χ4n) is 1.82. The quantitative estimate of drug-likeness (QED) is 0.444. The van der Waals surface area contributed by atoms with E-state index in [2.05, 4.69) is 33.9 Å². The molecule has 0 unspecified atom stereocenters. The topological polar surface area (TPSA) is 45.4 Å². The molecule has 0 fully saturated rings. The summed E-state index contributed by atoms with van der Waals surface area (Å²) in [5.74, 6) is 0.114. The molecule has 23 heavy (non-hydrogen) atoms. The maximum Gasteiger partial charge on any atom is 0.290 e. The van der Waals surface area contributed by atoms with Crippen molar-refractivity contribution >= 4 is 20.5 Å². The van der Waals surface area contributed by atoms with Crippen molar-refractivity contribution in [3.63, 3.8) is 0 Å². The maximum absolute atomic E-state index is 12.5. The van der Waals surface area contributed by atoms with Crippen molar-refractivity contribution in [1.82, 2.24) is 9.30 Å². The molecule has 1 aromatic rings. The first-order valence-electron chi connectivity index (χ1n) is 7.98. The van der Waals surface area contributed by atoms with E-state index in [1.165, 1.54) is 4.73 Å². The van der Waals surface area contributed by atoms with Crippen LogP contribution in [0.25, 0.3) is 0 Å². The monoisotopic (exact) mass is 358 g/mol. The van der Waals surface area contributed by atoms with Gasteiger partial charge in [0.25, 0.3) is 5.56 Å². The van der Waals surface area contributed by atoms with E-state index in [-0.39, 0.29) is 16.5 Å². The smallest absolute Gasteiger partial charge is 0.290 e. The van der Waals surface area contributed by atoms with Crippen LogP contribution in [0.1, 0.15) is 46.1 Å². The van der Waals surface area contributed by atoms with Crippen molar-refractivity contribution in [2.75, 3.05) is 13.2 Å². The summed E-state index contributed by atoms with van der Waals surface area (Å²) in [6, 6.07) is 0. The Morgan fingerprint density at radius 3 is 2.30 bits per heavy atom. The molecule has 5 nitrogen and oxygen atoms in total. The van der Waals surface area contributed by atoms with Gasteiger partial charge in [0.2, 0.25) is 4.77 Å². The fourth-order valence-corrected chi connectivity index (χ4v) is 3.03. The molecule has 0 spiro atoms. The lowest BCUT2D eigenvalue weighted by Gasteiger charge is -2.36. The summed E-state index contributed by atoms with van der Waals surface area (Å²) in [5, 5.41) is 0.150. The third-order valence-corrected chi connectivity index (χ3v) is 9.43. The number of aromatic nitrogens is 2. The second-order valence-corrected chi connectivity index (χ2v) is 12.8. The second kappa shape index (κ2) is 7.32. The van der Waals surface area contributed by atoms with Crippen LogP contribution in [0, 0.1) is 4.77 Å². The minimum Gasteiger partial charge on any atom is -0.413 e. The number of aryl methyl sites for hydroxylation is 1. The summed E-state index contributed by atoms with van der Waals surface area (Å²) in [6.07, 6.45) is 1.78. The highest BCUT2D eigenvalue weighted by Gasteiger charge is 2.36. The lowest BCUT2D eigenvalue weighted by Crippen LogP contribution is -2.42. The van der Waals surface area contributed by atoms with Crippen molar-refractivity contribution < 1.29 is 9.26 Å². The van der Waals surface area contributed by atoms with Crippen LogP contribution in [0.2, 0.25) is 18.1 Å². The van der Waals surface area contributed by atoms with Gasteiger partial charge in [0.05, 0.1) is 6.61 Å². The first kappa shape index (κ1) is 20.1. The van der Waals surface area contributed by atoms with Crippen LogP contribution >= 0.6 is 12.2 Å². The molecule has 1 rings (SSSR count). The molecule has 0 N–H and O–H groups in total. The van der Waals surface area contributed by atoms with Gasteiger partial charge in [-0.3, -0.25) is 4.79 Å². The van der Waals surface area contributed by atoms with E-state index in [1.54, 1.807) is 10.8 Å². The minimum atomic E-state index is -1.81. The van der Waals surface area contributed by atoms with E-state index < -0.39 is 8.32 Å². The van der Waals surface area contributed by atoms with Gasteiger partial charge in [0, 0.05) is 18.8 Å². The Morgan fingerprint density at radius 1 is 1.26 bits per heavy atom. The van der Waals surface area contributed by atoms with E-state index in [9.17, 15) is 4.79 Å². The van der Waals surface area contributed by atoms with Crippen LogP contribution in [0.15, 0.2) is 11.0 Å². The van der Waals surface area contributed by atoms with E-state index in [1.807, 2.05) is 20.9 Å². The Morgan fingerprint density at radius 2 is 1.83 bits per heavy atom. The highest BCUT2D eigenvalue weighted by Crippen LogP contribution is 2.36. The number of hydrogen-bond acceptors (Lipinski definition) is 4. The molecule has 0 aliphatic heterocycles. The molecule has 132 valence electrons. The van der Waals surface area contributed by atoms with Gasteiger partial charge in [-0.1, -0.05) is 34.6 Å². The summed E-state index contributed by atoms with van der Waals surface area (Å²) >= 11 is 5.28. The molecule has 0 radical (unpaired) electrons. The van der Waals surface area contributed by atoms with Gasteiger partial charge in [-0.25, -0.2) is 0 Å². The lowest BCUT2D eigenvalue weighted by atomic mass is 10.1. The van der Waals surface area contributed by atoms with Crippen molar-refractivity contribution in [3.05, 3.63) is 26.9 Å². The van der Waals surface area contributed by atoms with Crippen LogP contribution in [0.4, 0.5) is 0 Å². The third-order valence-electron chi connectivity index (χ3n) is 4.43. The number of rotatable bonds is 6. The molecule has 0 aliphatic carbocycles. The summed E-state index contributed by atoms with van der Waals surface area (Å²) < 4.78 is 9.36. The molecule has 0 atom stereocenters. The fraction of sp³-hybridized carbons (Fsp3) is 0.750. The van der Waals surface area contributed by atoms with Crippen LogP contribution in [-0.2, 0) is 11.5 Å². The Hall–Kier alpha value is -0.923. The zero-order valence-electron chi connectivity index (χ0n) is 15.6. The van der Waals surface area contributed by atoms with E-state index in [0.29, 0.717) is 23.5 Å². The van der Waals surface area contributed by atoms with Gasteiger partial charge < -0.3 is 13.8 Å². The van der Waals surface area contributed by atoms with E-state index in [0.717, 1.165) is 0 Å². The van der Waals surface area contributed by atoms with E-state index >= 15 is 0 Å². The van der Waals surface area contributed by atoms with Crippen LogP contribution in [-0.4, -0.2) is 30.8 Å². The Kier molecular flexibility index (Phi) is 6.40. The van der Waals surface area contributed by atoms with Gasteiger partial charge >= 0.3 is 0 Å². The Labute approximate surface area is 145 Å². The SMILES string of the molecule is CC(C)c1cn(C)c(=S)n(OCCO[Si](C)(C)C(C)(C)C)c1=O. The summed E-state index contributed by atoms with van der Waals surface area (Å²) in [5.41, 5.74) is 0.502. The normalized spacial score (nSPS) is 12.7. The van der Waals surface area contributed by atoms with Crippen LogP contribution in [0.3, 0.4) is 0 Å². The summed E-state index contributed by atoms with van der Waals surface area (Å²) in [7, 11) is 0.0105. The number of hydrogen-bond donors (Lipinski definition) is 0. The Balaban J connectivity index is 2.84. The lowest BCUT2D eigenvalue weighted by molar-refractivity contribution is 0.0647. The van der Waals surface area contributed by atoms with Gasteiger partial charge in [-0.05, 0) is 36.3 Å². The molecule has 0 amide bonds. The van der Waals surface area contributed by atoms with Crippen molar-refractivity contribution in [2.24, 2.45) is 7.05 Å². The van der Waals surface area contributed by atoms with Crippen LogP contribution < -0.4 is 10.4 Å². The molecule has 0 bridgehead atoms. The van der Waals surface area contributed by atoms with Crippen LogP contribution in [0.5, 0.6) is 0 Å². The highest BCUT2D eigenvalue weighted by atomic mass is 32.1. The average molecular weight is 359 g/mol. The minimum absolute atomic E-state index is 0.114. The highest BCUT2D eigenvalue weighted by molar-refractivity contribution is 7.71. The van der Waals surface area contributed by atoms with Crippen molar-refractivity contribution in [1.29, 1.82) is 0 Å². The summed E-state index contributed by atoms with van der Waals surface area (Å²) in [4.78, 5) is 18.1. The van der Waals surface area contributed by atoms with Gasteiger partial charge in [0.15, 0.2) is 8.32 Å². The zero-order valence-corrected chi connectivity index (χ0v) is 17.4. The number of nitrogens with zero attached hydrogens (tertiary/aromatic N) is 2. The van der Waals surface area contributed by atoms with Gasteiger partial charge in [0.1, 0.15) is 6.61 Å². The van der Waals surface area contributed by atoms with Crippen molar-refractivity contribution in [2.45, 2.75) is 58.7 Å². The molecule has 0 saturated carbocycles. The second-order valence-electron chi connectivity index (χ2n) is 7.67. The maximum atomic E-state index is 12.5. The molecule has 7 heteroatoms. The molecular weight excluding hydrogens is 328 g/mol. The standard InChI is InChI=1S/C16H30N2O3SSi/c1-12(2)13-11-17(6)15(22)18(14(13)19)20-9-10-21-23(7,8)16(3,4)5/h11-12H,9-10H2,1-8H3. The molecule has 0 aromatic carbocycles. The van der Waals surface area contributed by atoms with Gasteiger partial charge in [-0.15, -0.1) is 4.73 Å².